The second-order valence-electron chi connectivity index (χ2n) is 9.68. The molecule has 5 rings (SSSR count). The predicted octanol–water partition coefficient (Wildman–Crippen LogP) is 5.47. The van der Waals surface area contributed by atoms with Crippen molar-refractivity contribution in [1.29, 1.82) is 0 Å². The number of hydrogen-bond donors (Lipinski definition) is 3. The van der Waals surface area contributed by atoms with E-state index in [1.54, 1.807) is 18.2 Å². The summed E-state index contributed by atoms with van der Waals surface area (Å²) in [5.41, 5.74) is 8.39. The smallest absolute Gasteiger partial charge is 0.393 e. The van der Waals surface area contributed by atoms with Crippen LogP contribution in [0.25, 0.3) is 11.0 Å². The van der Waals surface area contributed by atoms with Crippen molar-refractivity contribution in [2.75, 3.05) is 11.1 Å². The zero-order chi connectivity index (χ0) is 27.7. The molecule has 4 aromatic rings. The van der Waals surface area contributed by atoms with E-state index in [2.05, 4.69) is 31.7 Å². The van der Waals surface area contributed by atoms with E-state index in [1.165, 1.54) is 18.5 Å². The van der Waals surface area contributed by atoms with E-state index in [4.69, 9.17) is 5.73 Å². The molecule has 2 heterocycles. The molecule has 0 saturated heterocycles. The monoisotopic (exact) mass is 533 g/mol. The lowest BCUT2D eigenvalue weighted by atomic mass is 9.93. The van der Waals surface area contributed by atoms with Crippen LogP contribution in [0, 0.1) is 18.8 Å². The molecule has 0 spiro atoms. The number of aliphatic hydroxyl groups excluding tert-OH is 1. The van der Waals surface area contributed by atoms with Crippen molar-refractivity contribution in [3.63, 3.8) is 0 Å². The molecule has 0 radical (unpaired) electrons. The zero-order valence-corrected chi connectivity index (χ0v) is 21.1. The first-order chi connectivity index (χ1) is 18.6. The first-order valence-corrected chi connectivity index (χ1v) is 12.5. The Balaban J connectivity index is 1.44. The van der Waals surface area contributed by atoms with Crippen LogP contribution in [0.4, 0.5) is 24.7 Å². The van der Waals surface area contributed by atoms with Crippen LogP contribution < -0.4 is 11.1 Å². The number of halogens is 3. The summed E-state index contributed by atoms with van der Waals surface area (Å²) >= 11 is 0. The highest BCUT2D eigenvalue weighted by atomic mass is 19.4. The van der Waals surface area contributed by atoms with Gasteiger partial charge in [-0.25, -0.2) is 9.97 Å². The van der Waals surface area contributed by atoms with Gasteiger partial charge in [-0.15, -0.1) is 0 Å². The number of aryl methyl sites for hydroxylation is 1. The normalized spacial score (nSPS) is 17.5. The van der Waals surface area contributed by atoms with Crippen molar-refractivity contribution in [3.8, 4) is 11.8 Å². The van der Waals surface area contributed by atoms with E-state index in [1.807, 2.05) is 13.1 Å². The summed E-state index contributed by atoms with van der Waals surface area (Å²) in [7, 11) is 0. The maximum atomic E-state index is 13.0. The Kier molecular flexibility index (Phi) is 7.02. The van der Waals surface area contributed by atoms with E-state index >= 15 is 0 Å². The number of fused-ring (bicyclic) bond motifs is 1. The highest BCUT2D eigenvalue weighted by Gasteiger charge is 2.30. The summed E-state index contributed by atoms with van der Waals surface area (Å²) in [5.74, 6) is 6.03. The first-order valence-electron chi connectivity index (χ1n) is 12.5. The van der Waals surface area contributed by atoms with Crippen LogP contribution >= 0.6 is 0 Å². The number of nitrogen functional groups attached to an aromatic ring is 1. The fraction of sp³-hybridized carbons (Fsp3) is 0.276. The topological polar surface area (TPSA) is 106 Å². The van der Waals surface area contributed by atoms with Crippen LogP contribution in [0.3, 0.4) is 0 Å². The predicted molar refractivity (Wildman–Crippen MR) is 142 cm³/mol. The SMILES string of the molecule is Cc1ccc(C(=O)Nc2cccc(C(F)(F)F)c2)cc1C#Cc1cn([C@H]2CC[C@H](O)CC2)c2ncnc(N)c12. The van der Waals surface area contributed by atoms with Gasteiger partial charge in [-0.1, -0.05) is 24.0 Å². The molecule has 0 bridgehead atoms. The third kappa shape index (κ3) is 5.59. The maximum Gasteiger partial charge on any atom is 0.416 e. The number of rotatable bonds is 3. The standard InChI is InChI=1S/C29H26F3N5O2/c1-17-5-6-19(28(39)36-22-4-2-3-21(14-22)29(30,31)32)13-18(17)7-8-20-15-37(23-9-11-24(38)12-10-23)27-25(20)26(33)34-16-35-27/h2-6,13-16,23-24,38H,9-12H2,1H3,(H,36,39)(H2,33,34,35)/t23-,24-. The molecular formula is C29H26F3N5O2. The van der Waals surface area contributed by atoms with Gasteiger partial charge < -0.3 is 20.7 Å². The van der Waals surface area contributed by atoms with E-state index in [0.29, 0.717) is 40.8 Å². The van der Waals surface area contributed by atoms with E-state index in [9.17, 15) is 23.1 Å². The van der Waals surface area contributed by atoms with Gasteiger partial charge in [0.05, 0.1) is 22.6 Å². The zero-order valence-electron chi connectivity index (χ0n) is 21.1. The van der Waals surface area contributed by atoms with Gasteiger partial charge in [0.15, 0.2) is 0 Å². The lowest BCUT2D eigenvalue weighted by molar-refractivity contribution is -0.137. The highest BCUT2D eigenvalue weighted by Crippen LogP contribution is 2.34. The Morgan fingerprint density at radius 3 is 2.56 bits per heavy atom. The number of nitrogens with one attached hydrogen (secondary N) is 1. The number of nitrogens with two attached hydrogens (primary N) is 1. The summed E-state index contributed by atoms with van der Waals surface area (Å²) < 4.78 is 41.2. The van der Waals surface area contributed by atoms with Crippen molar-refractivity contribution in [2.45, 2.75) is 50.9 Å². The molecule has 1 aliphatic carbocycles. The van der Waals surface area contributed by atoms with Crippen molar-refractivity contribution in [2.24, 2.45) is 0 Å². The Morgan fingerprint density at radius 1 is 1.08 bits per heavy atom. The molecular weight excluding hydrogens is 507 g/mol. The van der Waals surface area contributed by atoms with Crippen molar-refractivity contribution in [3.05, 3.63) is 82.8 Å². The molecule has 0 aliphatic heterocycles. The minimum atomic E-state index is -4.51. The summed E-state index contributed by atoms with van der Waals surface area (Å²) in [4.78, 5) is 21.4. The van der Waals surface area contributed by atoms with Gasteiger partial charge in [0, 0.05) is 29.1 Å². The fourth-order valence-electron chi connectivity index (χ4n) is 4.83. The molecule has 1 saturated carbocycles. The molecule has 0 atom stereocenters. The second kappa shape index (κ2) is 10.4. The van der Waals surface area contributed by atoms with E-state index < -0.39 is 17.6 Å². The Hall–Kier alpha value is -4.36. The van der Waals surface area contributed by atoms with Gasteiger partial charge in [0.2, 0.25) is 0 Å². The molecule has 4 N–H and O–H groups in total. The summed E-state index contributed by atoms with van der Waals surface area (Å²) in [5, 5.41) is 13.1. The molecule has 10 heteroatoms. The lowest BCUT2D eigenvalue weighted by Crippen LogP contribution is -2.20. The number of hydrogen-bond acceptors (Lipinski definition) is 5. The van der Waals surface area contributed by atoms with Crippen LogP contribution in [0.2, 0.25) is 0 Å². The second-order valence-corrected chi connectivity index (χ2v) is 9.68. The summed E-state index contributed by atoms with van der Waals surface area (Å²) in [6, 6.07) is 9.57. The van der Waals surface area contributed by atoms with Gasteiger partial charge in [-0.05, 0) is 68.5 Å². The number of carbonyl (C=O) groups excluding carboxylic acids is 1. The number of benzene rings is 2. The van der Waals surface area contributed by atoms with Gasteiger partial charge in [0.25, 0.3) is 5.91 Å². The number of aliphatic hydroxyl groups is 1. The van der Waals surface area contributed by atoms with Crippen LogP contribution in [0.1, 0.15) is 64.3 Å². The van der Waals surface area contributed by atoms with Gasteiger partial charge in [-0.3, -0.25) is 4.79 Å². The number of nitrogens with zero attached hydrogens (tertiary/aromatic N) is 3. The summed E-state index contributed by atoms with van der Waals surface area (Å²) in [6.07, 6.45) is 1.56. The number of amides is 1. The lowest BCUT2D eigenvalue weighted by Gasteiger charge is -2.26. The molecule has 200 valence electrons. The molecule has 2 aromatic carbocycles. The average molecular weight is 534 g/mol. The van der Waals surface area contributed by atoms with Crippen molar-refractivity contribution >= 4 is 28.4 Å². The third-order valence-electron chi connectivity index (χ3n) is 6.98. The Labute approximate surface area is 222 Å². The summed E-state index contributed by atoms with van der Waals surface area (Å²) in [6.45, 7) is 1.85. The molecule has 1 fully saturated rings. The minimum Gasteiger partial charge on any atom is -0.393 e. The van der Waals surface area contributed by atoms with Crippen LogP contribution in [0.5, 0.6) is 0 Å². The molecule has 1 amide bonds. The molecule has 0 unspecified atom stereocenters. The van der Waals surface area contributed by atoms with Crippen LogP contribution in [-0.2, 0) is 6.18 Å². The van der Waals surface area contributed by atoms with Gasteiger partial charge >= 0.3 is 6.18 Å². The molecule has 2 aromatic heterocycles. The number of carbonyl (C=O) groups is 1. The quantitative estimate of drug-likeness (QED) is 0.303. The van der Waals surface area contributed by atoms with Crippen LogP contribution in [0.15, 0.2) is 55.0 Å². The van der Waals surface area contributed by atoms with Gasteiger partial charge in [-0.2, -0.15) is 13.2 Å². The van der Waals surface area contributed by atoms with E-state index in [0.717, 1.165) is 30.5 Å². The largest absolute Gasteiger partial charge is 0.416 e. The van der Waals surface area contributed by atoms with Gasteiger partial charge in [0.1, 0.15) is 17.8 Å². The fourth-order valence-corrected chi connectivity index (χ4v) is 4.83. The molecule has 7 nitrogen and oxygen atoms in total. The number of aromatic nitrogens is 3. The Morgan fingerprint density at radius 2 is 1.82 bits per heavy atom. The minimum absolute atomic E-state index is 0.0431. The van der Waals surface area contributed by atoms with Crippen molar-refractivity contribution in [1.82, 2.24) is 14.5 Å². The average Bonchev–Trinajstić information content (AvgIpc) is 3.28. The number of anilines is 2. The van der Waals surface area contributed by atoms with Crippen LogP contribution in [-0.4, -0.2) is 31.7 Å². The highest BCUT2D eigenvalue weighted by molar-refractivity contribution is 6.04. The Bertz CT molecular complexity index is 1610. The molecule has 1 aliphatic rings. The van der Waals surface area contributed by atoms with E-state index in [-0.39, 0.29) is 23.4 Å². The first kappa shape index (κ1) is 26.3. The number of alkyl halides is 3. The molecule has 39 heavy (non-hydrogen) atoms. The van der Waals surface area contributed by atoms with Crippen molar-refractivity contribution < 1.29 is 23.1 Å². The third-order valence-corrected chi connectivity index (χ3v) is 6.98. The maximum absolute atomic E-state index is 13.0.